The first-order chi connectivity index (χ1) is 15.1. The van der Waals surface area contributed by atoms with Crippen molar-refractivity contribution in [2.75, 3.05) is 9.62 Å². The molecule has 2 aromatic carbocycles. The Morgan fingerprint density at radius 2 is 0.844 bits per heavy atom. The van der Waals surface area contributed by atoms with Crippen LogP contribution in [0.1, 0.15) is 101 Å². The predicted molar refractivity (Wildman–Crippen MR) is 135 cm³/mol. The zero-order valence-corrected chi connectivity index (χ0v) is 20.7. The molecule has 0 spiro atoms. The zero-order valence-electron chi connectivity index (χ0n) is 20.7. The van der Waals surface area contributed by atoms with E-state index in [0.717, 1.165) is 33.6 Å². The topological polar surface area (TPSA) is 6.48 Å². The Hall–Kier alpha value is -2.30. The molecule has 172 valence electrons. The summed E-state index contributed by atoms with van der Waals surface area (Å²) in [5.41, 5.74) is 6.28. The second-order valence-electron chi connectivity index (χ2n) is 10.0. The molecule has 1 aliphatic rings. The summed E-state index contributed by atoms with van der Waals surface area (Å²) in [6.07, 6.45) is 1.17. The van der Waals surface area contributed by atoms with E-state index in [0.29, 0.717) is 0 Å². The molecule has 0 fully saturated rings. The average molecular weight is 438 g/mol. The molecule has 0 aliphatic carbocycles. The molecule has 0 radical (unpaired) electrons. The minimum atomic E-state index is -2.54. The SMILES string of the molecule is CC(C)c1cccc(C(C)C)c1N1C=CN(c2c(C(C)C)cccc2C(C)C)B1C(F)F. The van der Waals surface area contributed by atoms with Gasteiger partial charge >= 0.3 is 6.98 Å². The maximum atomic E-state index is 14.8. The summed E-state index contributed by atoms with van der Waals surface area (Å²) in [5.74, 6) is 0.939. The highest BCUT2D eigenvalue weighted by Gasteiger charge is 2.45. The van der Waals surface area contributed by atoms with Crippen molar-refractivity contribution in [2.24, 2.45) is 0 Å². The summed E-state index contributed by atoms with van der Waals surface area (Å²) in [6.45, 7) is 15.9. The Kier molecular flexibility index (Phi) is 7.37. The molecular formula is C27H37BF2N2. The zero-order chi connectivity index (χ0) is 23.7. The van der Waals surface area contributed by atoms with E-state index in [4.69, 9.17) is 0 Å². The fourth-order valence-electron chi connectivity index (χ4n) is 4.73. The average Bonchev–Trinajstić information content (AvgIpc) is 3.17. The second kappa shape index (κ2) is 9.68. The quantitative estimate of drug-likeness (QED) is 0.402. The molecule has 0 atom stereocenters. The standard InChI is InChI=1S/C27H37BF2N2/c1-17(2)21-11-9-12-22(18(3)4)25(21)31-15-16-32(28(31)27(29)30)26-23(19(5)6)13-10-14-24(26)20(7)8/h9-20,27H,1-8H3. The van der Waals surface area contributed by atoms with Crippen molar-refractivity contribution < 1.29 is 8.78 Å². The van der Waals surface area contributed by atoms with Gasteiger partial charge in [-0.1, -0.05) is 91.8 Å². The summed E-state index contributed by atoms with van der Waals surface area (Å²) in [4.78, 5) is 3.63. The van der Waals surface area contributed by atoms with E-state index in [2.05, 4.69) is 79.7 Å². The van der Waals surface area contributed by atoms with E-state index in [1.165, 1.54) is 0 Å². The molecule has 3 rings (SSSR count). The van der Waals surface area contributed by atoms with Gasteiger partial charge in [0.15, 0.2) is 0 Å². The lowest BCUT2D eigenvalue weighted by Gasteiger charge is -2.35. The number of alkyl halides is 2. The van der Waals surface area contributed by atoms with Crippen LogP contribution in [-0.4, -0.2) is 13.3 Å². The highest BCUT2D eigenvalue weighted by Crippen LogP contribution is 2.43. The van der Waals surface area contributed by atoms with Crippen molar-refractivity contribution in [3.8, 4) is 0 Å². The van der Waals surface area contributed by atoms with Crippen LogP contribution >= 0.6 is 0 Å². The predicted octanol–water partition coefficient (Wildman–Crippen LogP) is 8.27. The number of halogens is 2. The normalized spacial score (nSPS) is 14.4. The number of hydrogen-bond acceptors (Lipinski definition) is 2. The van der Waals surface area contributed by atoms with Crippen molar-refractivity contribution >= 4 is 18.4 Å². The molecule has 2 nitrogen and oxygen atoms in total. The van der Waals surface area contributed by atoms with Crippen LogP contribution in [0.15, 0.2) is 48.8 Å². The van der Waals surface area contributed by atoms with Crippen LogP contribution in [0, 0.1) is 0 Å². The molecule has 2 aromatic rings. The Bertz CT molecular complexity index is 840. The Morgan fingerprint density at radius 1 is 0.562 bits per heavy atom. The van der Waals surface area contributed by atoms with E-state index in [1.807, 2.05) is 34.2 Å². The maximum absolute atomic E-state index is 14.8. The van der Waals surface area contributed by atoms with Gasteiger partial charge in [0.25, 0.3) is 6.32 Å². The number of para-hydroxylation sites is 2. The Labute approximate surface area is 193 Å². The summed E-state index contributed by atoms with van der Waals surface area (Å²) in [6, 6.07) is 12.4. The first kappa shape index (κ1) is 24.3. The van der Waals surface area contributed by atoms with Crippen LogP contribution in [0.5, 0.6) is 0 Å². The monoisotopic (exact) mass is 438 g/mol. The van der Waals surface area contributed by atoms with Gasteiger partial charge in [-0.25, -0.2) is 8.78 Å². The Morgan fingerprint density at radius 3 is 1.06 bits per heavy atom. The van der Waals surface area contributed by atoms with Crippen LogP contribution in [0.3, 0.4) is 0 Å². The minimum absolute atomic E-state index is 0.235. The number of benzene rings is 2. The van der Waals surface area contributed by atoms with Gasteiger partial charge in [-0.05, 0) is 45.9 Å². The summed E-state index contributed by atoms with van der Waals surface area (Å²) in [5, 5.41) is 0. The van der Waals surface area contributed by atoms with Crippen LogP contribution < -0.4 is 9.62 Å². The van der Waals surface area contributed by atoms with E-state index in [1.54, 1.807) is 0 Å². The molecule has 5 heteroatoms. The number of hydrogen-bond donors (Lipinski definition) is 0. The molecule has 32 heavy (non-hydrogen) atoms. The van der Waals surface area contributed by atoms with E-state index in [9.17, 15) is 8.78 Å². The summed E-state index contributed by atoms with van der Waals surface area (Å²) < 4.78 is 29.6. The molecule has 0 amide bonds. The number of nitrogens with zero attached hydrogens (tertiary/aromatic N) is 2. The lowest BCUT2D eigenvalue weighted by atomic mass is 9.70. The molecule has 1 aliphatic heterocycles. The fraction of sp³-hybridized carbons (Fsp3) is 0.481. The number of anilines is 2. The second-order valence-corrected chi connectivity index (χ2v) is 10.0. The molecule has 0 unspecified atom stereocenters. The van der Waals surface area contributed by atoms with E-state index in [-0.39, 0.29) is 23.7 Å². The van der Waals surface area contributed by atoms with Crippen molar-refractivity contribution in [3.63, 3.8) is 0 Å². The van der Waals surface area contributed by atoms with Crippen LogP contribution in [0.4, 0.5) is 20.2 Å². The first-order valence-corrected chi connectivity index (χ1v) is 11.8. The van der Waals surface area contributed by atoms with Crippen molar-refractivity contribution in [1.29, 1.82) is 0 Å². The molecule has 0 N–H and O–H groups in total. The largest absolute Gasteiger partial charge is 0.458 e. The van der Waals surface area contributed by atoms with Crippen molar-refractivity contribution in [3.05, 3.63) is 71.1 Å². The highest BCUT2D eigenvalue weighted by atomic mass is 19.3. The third-order valence-corrected chi connectivity index (χ3v) is 6.38. The third kappa shape index (κ3) is 4.44. The lowest BCUT2D eigenvalue weighted by Crippen LogP contribution is -2.51. The van der Waals surface area contributed by atoms with Gasteiger partial charge in [-0.2, -0.15) is 0 Å². The highest BCUT2D eigenvalue weighted by molar-refractivity contribution is 6.70. The van der Waals surface area contributed by atoms with Crippen molar-refractivity contribution in [2.45, 2.75) is 85.4 Å². The smallest absolute Gasteiger partial charge is 0.366 e. The van der Waals surface area contributed by atoms with Crippen LogP contribution in [0.2, 0.25) is 0 Å². The molecule has 0 saturated carbocycles. The molecular weight excluding hydrogens is 401 g/mol. The van der Waals surface area contributed by atoms with Gasteiger partial charge in [0, 0.05) is 23.8 Å². The van der Waals surface area contributed by atoms with Gasteiger partial charge in [0.1, 0.15) is 0 Å². The molecule has 0 saturated heterocycles. The van der Waals surface area contributed by atoms with Crippen LogP contribution in [0.25, 0.3) is 0 Å². The maximum Gasteiger partial charge on any atom is 0.458 e. The van der Waals surface area contributed by atoms with Gasteiger partial charge in [-0.15, -0.1) is 0 Å². The van der Waals surface area contributed by atoms with Gasteiger partial charge in [0.05, 0.1) is 0 Å². The Balaban J connectivity index is 2.22. The van der Waals surface area contributed by atoms with Gasteiger partial charge in [-0.3, -0.25) is 0 Å². The minimum Gasteiger partial charge on any atom is -0.366 e. The molecule has 1 heterocycles. The summed E-state index contributed by atoms with van der Waals surface area (Å²) in [7, 11) is 0. The van der Waals surface area contributed by atoms with Gasteiger partial charge < -0.3 is 9.62 Å². The molecule has 0 aromatic heterocycles. The third-order valence-electron chi connectivity index (χ3n) is 6.38. The van der Waals surface area contributed by atoms with E-state index < -0.39 is 13.3 Å². The lowest BCUT2D eigenvalue weighted by molar-refractivity contribution is 0.232. The van der Waals surface area contributed by atoms with Crippen LogP contribution in [-0.2, 0) is 0 Å². The van der Waals surface area contributed by atoms with Gasteiger partial charge in [0.2, 0.25) is 0 Å². The molecule has 0 bridgehead atoms. The fourth-order valence-corrected chi connectivity index (χ4v) is 4.73. The first-order valence-electron chi connectivity index (χ1n) is 11.8. The van der Waals surface area contributed by atoms with Crippen molar-refractivity contribution in [1.82, 2.24) is 0 Å². The van der Waals surface area contributed by atoms with E-state index >= 15 is 0 Å². The number of rotatable bonds is 7. The summed E-state index contributed by atoms with van der Waals surface area (Å²) >= 11 is 0.